The first-order valence-corrected chi connectivity index (χ1v) is 6.73. The smallest absolute Gasteiger partial charge is 0.338 e. The number of rotatable bonds is 0. The maximum absolute atomic E-state index is 12.7. The zero-order chi connectivity index (χ0) is 15.6. The van der Waals surface area contributed by atoms with E-state index in [1.807, 2.05) is 20.8 Å². The highest BCUT2D eigenvalue weighted by Gasteiger charge is 2.63. The number of carbonyl (C=O) groups is 2. The minimum atomic E-state index is -1.82. The van der Waals surface area contributed by atoms with Crippen LogP contribution in [0.2, 0.25) is 0 Å². The van der Waals surface area contributed by atoms with Gasteiger partial charge in [-0.25, -0.2) is 4.79 Å². The summed E-state index contributed by atoms with van der Waals surface area (Å²) in [5, 5.41) is 16.1. The molecule has 21 heavy (non-hydrogen) atoms. The predicted molar refractivity (Wildman–Crippen MR) is 76.5 cm³/mol. The van der Waals surface area contributed by atoms with Gasteiger partial charge in [0.05, 0.1) is 5.71 Å². The number of nitrogens with zero attached hydrogens (tertiary/aromatic N) is 2. The number of ketones is 1. The van der Waals surface area contributed by atoms with Gasteiger partial charge in [-0.2, -0.15) is 10.1 Å². The van der Waals surface area contributed by atoms with Crippen LogP contribution in [0.5, 0.6) is 0 Å². The van der Waals surface area contributed by atoms with Crippen LogP contribution in [0.25, 0.3) is 0 Å². The predicted octanol–water partition coefficient (Wildman–Crippen LogP) is 1.44. The van der Waals surface area contributed by atoms with E-state index in [0.29, 0.717) is 16.8 Å². The van der Waals surface area contributed by atoms with Gasteiger partial charge in [-0.1, -0.05) is 45.0 Å². The molecular formula is C15H17N3O3. The van der Waals surface area contributed by atoms with Gasteiger partial charge < -0.3 is 10.8 Å². The number of nitrogens with two attached hydrogens (primary N) is 1. The fraction of sp³-hybridized carbons (Fsp3) is 0.400. The van der Waals surface area contributed by atoms with Crippen molar-refractivity contribution in [3.63, 3.8) is 0 Å². The van der Waals surface area contributed by atoms with Crippen LogP contribution in [-0.2, 0) is 5.72 Å². The number of hydrazone groups is 1. The molecule has 0 aromatic heterocycles. The summed E-state index contributed by atoms with van der Waals surface area (Å²) < 4.78 is 0. The minimum Gasteiger partial charge on any atom is -0.364 e. The average Bonchev–Trinajstić information content (AvgIpc) is 2.82. The Bertz CT molecular complexity index is 690. The number of hydrogen-bond donors (Lipinski definition) is 2. The number of fused-ring (bicyclic) bond motifs is 3. The molecule has 1 aromatic carbocycles. The van der Waals surface area contributed by atoms with Gasteiger partial charge in [-0.15, -0.1) is 0 Å². The van der Waals surface area contributed by atoms with Gasteiger partial charge in [0.25, 0.3) is 0 Å². The van der Waals surface area contributed by atoms with Gasteiger partial charge in [-0.05, 0) is 0 Å². The molecule has 0 bridgehead atoms. The van der Waals surface area contributed by atoms with Crippen molar-refractivity contribution in [3.05, 3.63) is 35.4 Å². The zero-order valence-electron chi connectivity index (χ0n) is 12.1. The lowest BCUT2D eigenvalue weighted by Crippen LogP contribution is -2.49. The maximum Gasteiger partial charge on any atom is 0.338 e. The molecule has 1 aromatic rings. The van der Waals surface area contributed by atoms with Crippen molar-refractivity contribution in [2.75, 3.05) is 0 Å². The normalized spacial score (nSPS) is 27.4. The van der Waals surface area contributed by atoms with E-state index >= 15 is 0 Å². The molecule has 1 heterocycles. The lowest BCUT2D eigenvalue weighted by molar-refractivity contribution is -0.0838. The van der Waals surface area contributed by atoms with E-state index < -0.39 is 23.1 Å². The van der Waals surface area contributed by atoms with Crippen LogP contribution in [0.4, 0.5) is 4.79 Å². The summed E-state index contributed by atoms with van der Waals surface area (Å²) in [4.78, 5) is 24.4. The van der Waals surface area contributed by atoms with Gasteiger partial charge in [-0.3, -0.25) is 4.79 Å². The standard InChI is InChI=1S/C15H17N3O3/c1-14(2,3)12-10-11(19)8-6-4-5-7-9(8)15(10,21)18(17-12)13(16)20/h4-7,10,21H,1-3H3,(H2,16,20)/t10-,15-/m1/s1. The van der Waals surface area contributed by atoms with Gasteiger partial charge in [0.2, 0.25) is 5.72 Å². The molecule has 2 aliphatic rings. The summed E-state index contributed by atoms with van der Waals surface area (Å²) in [5.41, 5.74) is 4.32. The van der Waals surface area contributed by atoms with Crippen LogP contribution in [0.15, 0.2) is 29.4 Å². The minimum absolute atomic E-state index is 0.231. The molecule has 0 fully saturated rings. The molecule has 3 N–H and O–H groups in total. The Hall–Kier alpha value is -2.21. The first-order chi connectivity index (χ1) is 9.69. The summed E-state index contributed by atoms with van der Waals surface area (Å²) >= 11 is 0. The van der Waals surface area contributed by atoms with Crippen LogP contribution in [0.3, 0.4) is 0 Å². The van der Waals surface area contributed by atoms with Crippen LogP contribution in [0.1, 0.15) is 36.7 Å². The summed E-state index contributed by atoms with van der Waals surface area (Å²) in [6.07, 6.45) is 0. The average molecular weight is 287 g/mol. The molecule has 0 unspecified atom stereocenters. The molecule has 110 valence electrons. The lowest BCUT2D eigenvalue weighted by atomic mass is 9.78. The third kappa shape index (κ3) is 1.59. The Balaban J connectivity index is 2.27. The molecule has 6 heteroatoms. The molecule has 3 rings (SSSR count). The van der Waals surface area contributed by atoms with Crippen LogP contribution in [0, 0.1) is 11.3 Å². The van der Waals surface area contributed by atoms with Crippen molar-refractivity contribution < 1.29 is 14.7 Å². The molecule has 1 aliphatic heterocycles. The molecular weight excluding hydrogens is 270 g/mol. The van der Waals surface area contributed by atoms with Gasteiger partial charge >= 0.3 is 6.03 Å². The molecule has 6 nitrogen and oxygen atoms in total. The molecule has 1 aliphatic carbocycles. The largest absolute Gasteiger partial charge is 0.364 e. The monoisotopic (exact) mass is 287 g/mol. The van der Waals surface area contributed by atoms with E-state index in [1.54, 1.807) is 24.3 Å². The summed E-state index contributed by atoms with van der Waals surface area (Å²) in [6.45, 7) is 5.65. The molecule has 0 saturated heterocycles. The van der Waals surface area contributed by atoms with Crippen molar-refractivity contribution in [2.24, 2.45) is 22.2 Å². The van der Waals surface area contributed by atoms with E-state index in [9.17, 15) is 14.7 Å². The summed E-state index contributed by atoms with van der Waals surface area (Å²) in [7, 11) is 0. The highest BCUT2D eigenvalue weighted by molar-refractivity contribution is 6.19. The highest BCUT2D eigenvalue weighted by Crippen LogP contribution is 2.50. The van der Waals surface area contributed by atoms with Crippen molar-refractivity contribution in [1.29, 1.82) is 0 Å². The van der Waals surface area contributed by atoms with Crippen LogP contribution < -0.4 is 5.73 Å². The number of aliphatic hydroxyl groups is 1. The lowest BCUT2D eigenvalue weighted by Gasteiger charge is -2.31. The third-order valence-electron chi connectivity index (χ3n) is 4.03. The molecule has 0 radical (unpaired) electrons. The second-order valence-corrected chi connectivity index (χ2v) is 6.45. The molecule has 2 amide bonds. The zero-order valence-corrected chi connectivity index (χ0v) is 12.1. The summed E-state index contributed by atoms with van der Waals surface area (Å²) in [6, 6.07) is 5.83. The van der Waals surface area contributed by atoms with E-state index in [2.05, 4.69) is 5.10 Å². The van der Waals surface area contributed by atoms with Gasteiger partial charge in [0, 0.05) is 16.5 Å². The van der Waals surface area contributed by atoms with E-state index in [0.717, 1.165) is 5.01 Å². The molecule has 2 atom stereocenters. The Kier molecular flexibility index (Phi) is 2.57. The van der Waals surface area contributed by atoms with Crippen molar-refractivity contribution in [2.45, 2.75) is 26.5 Å². The van der Waals surface area contributed by atoms with Crippen molar-refractivity contribution in [1.82, 2.24) is 5.01 Å². The van der Waals surface area contributed by atoms with Gasteiger partial charge in [0.1, 0.15) is 5.92 Å². The molecule has 0 spiro atoms. The Morgan fingerprint density at radius 1 is 1.38 bits per heavy atom. The number of benzene rings is 1. The topological polar surface area (TPSA) is 96.0 Å². The van der Waals surface area contributed by atoms with Gasteiger partial charge in [0.15, 0.2) is 5.78 Å². The number of primary amides is 1. The van der Waals surface area contributed by atoms with Crippen LogP contribution in [-0.4, -0.2) is 27.6 Å². The second-order valence-electron chi connectivity index (χ2n) is 6.45. The van der Waals surface area contributed by atoms with E-state index in [4.69, 9.17) is 5.73 Å². The van der Waals surface area contributed by atoms with Crippen LogP contribution >= 0.6 is 0 Å². The maximum atomic E-state index is 12.7. The number of amides is 2. The number of carbonyl (C=O) groups excluding carboxylic acids is 2. The Labute approximate surface area is 122 Å². The third-order valence-corrected chi connectivity index (χ3v) is 4.03. The second kappa shape index (κ2) is 3.92. The SMILES string of the molecule is CC(C)(C)C1=NN(C(N)=O)[C@@]2(O)c3ccccc3C(=O)[C@H]12. The number of hydrogen-bond acceptors (Lipinski definition) is 4. The Morgan fingerprint density at radius 2 is 2.00 bits per heavy atom. The first-order valence-electron chi connectivity index (χ1n) is 6.73. The number of Topliss-reactive ketones (excluding diaryl/α,β-unsaturated/α-hetero) is 1. The molecule has 0 saturated carbocycles. The highest BCUT2D eigenvalue weighted by atomic mass is 16.3. The fourth-order valence-electron chi connectivity index (χ4n) is 3.11. The summed E-state index contributed by atoms with van der Waals surface area (Å²) in [5.74, 6) is -1.13. The van der Waals surface area contributed by atoms with Crippen molar-refractivity contribution >= 4 is 17.5 Å². The van der Waals surface area contributed by atoms with E-state index in [1.165, 1.54) is 0 Å². The van der Waals surface area contributed by atoms with E-state index in [-0.39, 0.29) is 5.78 Å². The fourth-order valence-corrected chi connectivity index (χ4v) is 3.11. The Morgan fingerprint density at radius 3 is 2.57 bits per heavy atom. The quantitative estimate of drug-likeness (QED) is 0.755. The first kappa shape index (κ1) is 13.8. The number of urea groups is 1. The van der Waals surface area contributed by atoms with Crippen molar-refractivity contribution in [3.8, 4) is 0 Å².